The molecule has 0 aromatic heterocycles. The van der Waals surface area contributed by atoms with Gasteiger partial charge in [0.15, 0.2) is 11.6 Å². The number of benzene rings is 1. The van der Waals surface area contributed by atoms with Crippen LogP contribution in [-0.4, -0.2) is 36.0 Å². The van der Waals surface area contributed by atoms with Gasteiger partial charge in [-0.05, 0) is 19.2 Å². The smallest absolute Gasteiger partial charge is 0.165 e. The maximum atomic E-state index is 13.8. The van der Waals surface area contributed by atoms with Gasteiger partial charge >= 0.3 is 0 Å². The monoisotopic (exact) mass is 292 g/mol. The zero-order valence-corrected chi connectivity index (χ0v) is 11.6. The summed E-state index contributed by atoms with van der Waals surface area (Å²) < 4.78 is 27.1. The van der Waals surface area contributed by atoms with Gasteiger partial charge in [0.25, 0.3) is 0 Å². The van der Waals surface area contributed by atoms with Crippen LogP contribution < -0.4 is 5.73 Å². The van der Waals surface area contributed by atoms with E-state index in [9.17, 15) is 8.78 Å². The molecular formula is C12H15ClF2N2S. The van der Waals surface area contributed by atoms with Crippen LogP contribution >= 0.6 is 23.4 Å². The van der Waals surface area contributed by atoms with Crippen molar-refractivity contribution in [3.63, 3.8) is 0 Å². The summed E-state index contributed by atoms with van der Waals surface area (Å²) >= 11 is 7.72. The van der Waals surface area contributed by atoms with Crippen LogP contribution in [0.15, 0.2) is 12.1 Å². The van der Waals surface area contributed by atoms with Crippen molar-refractivity contribution < 1.29 is 8.78 Å². The van der Waals surface area contributed by atoms with Crippen LogP contribution in [-0.2, 0) is 0 Å². The third kappa shape index (κ3) is 2.64. The lowest BCUT2D eigenvalue weighted by Gasteiger charge is -2.36. The predicted octanol–water partition coefficient (Wildman–Crippen LogP) is 2.67. The minimum absolute atomic E-state index is 0.0300. The van der Waals surface area contributed by atoms with E-state index >= 15 is 0 Å². The maximum Gasteiger partial charge on any atom is 0.165 e. The number of nitrogens with two attached hydrogens (primary N) is 1. The average molecular weight is 293 g/mol. The highest BCUT2D eigenvalue weighted by Crippen LogP contribution is 2.32. The van der Waals surface area contributed by atoms with Gasteiger partial charge in [-0.25, -0.2) is 8.78 Å². The third-order valence-corrected chi connectivity index (χ3v) is 4.65. The van der Waals surface area contributed by atoms with Crippen LogP contribution in [0.1, 0.15) is 11.6 Å². The molecule has 6 heteroatoms. The Bertz CT molecular complexity index is 444. The molecule has 2 N–H and O–H groups in total. The van der Waals surface area contributed by atoms with E-state index in [2.05, 4.69) is 4.90 Å². The third-order valence-electron chi connectivity index (χ3n) is 3.27. The summed E-state index contributed by atoms with van der Waals surface area (Å²) in [5.74, 6) is -0.0156. The van der Waals surface area contributed by atoms with Crippen LogP contribution in [0.4, 0.5) is 8.78 Å². The molecule has 1 aliphatic heterocycles. The van der Waals surface area contributed by atoms with Crippen LogP contribution in [0.2, 0.25) is 5.02 Å². The summed E-state index contributed by atoms with van der Waals surface area (Å²) in [7, 11) is 1.94. The van der Waals surface area contributed by atoms with E-state index in [1.54, 1.807) is 11.8 Å². The van der Waals surface area contributed by atoms with Crippen LogP contribution in [0.3, 0.4) is 0 Å². The lowest BCUT2D eigenvalue weighted by atomic mass is 9.99. The summed E-state index contributed by atoms with van der Waals surface area (Å²) in [6, 6.07) is 1.72. The first-order valence-corrected chi connectivity index (χ1v) is 7.22. The summed E-state index contributed by atoms with van der Waals surface area (Å²) in [5.41, 5.74) is 6.16. The molecule has 1 saturated heterocycles. The fraction of sp³-hybridized carbons (Fsp3) is 0.500. The Kier molecular flexibility index (Phi) is 4.48. The van der Waals surface area contributed by atoms with Gasteiger partial charge < -0.3 is 5.73 Å². The molecule has 100 valence electrons. The lowest BCUT2D eigenvalue weighted by molar-refractivity contribution is 0.234. The second kappa shape index (κ2) is 5.74. The standard InChI is InChI=1S/C12H15ClF2N2S/c1-17-4-5-18-6-9(17)12(16)10-7(13)2-3-8(14)11(10)15/h2-3,9,12H,4-6,16H2,1H3. The number of nitrogens with zero attached hydrogens (tertiary/aromatic N) is 1. The molecule has 0 bridgehead atoms. The van der Waals surface area contributed by atoms with Crippen molar-refractivity contribution in [2.24, 2.45) is 5.73 Å². The Hall–Kier alpha value is -0.360. The molecular weight excluding hydrogens is 278 g/mol. The van der Waals surface area contributed by atoms with E-state index in [0.717, 1.165) is 24.1 Å². The summed E-state index contributed by atoms with van der Waals surface area (Å²) in [5, 5.41) is 0.186. The van der Waals surface area contributed by atoms with E-state index in [4.69, 9.17) is 17.3 Å². The molecule has 0 saturated carbocycles. The molecule has 0 radical (unpaired) electrons. The zero-order chi connectivity index (χ0) is 13.3. The molecule has 1 aliphatic rings. The summed E-state index contributed by atoms with van der Waals surface area (Å²) in [4.78, 5) is 2.07. The van der Waals surface area contributed by atoms with Gasteiger partial charge in [-0.2, -0.15) is 11.8 Å². The van der Waals surface area contributed by atoms with Gasteiger partial charge in [0.05, 0.1) is 6.04 Å². The Balaban J connectivity index is 2.33. The minimum Gasteiger partial charge on any atom is -0.322 e. The Labute approximate surface area is 114 Å². The fourth-order valence-corrected chi connectivity index (χ4v) is 3.68. The quantitative estimate of drug-likeness (QED) is 0.850. The minimum atomic E-state index is -0.932. The zero-order valence-electron chi connectivity index (χ0n) is 10.00. The summed E-state index contributed by atoms with van der Waals surface area (Å²) in [6.45, 7) is 0.886. The highest BCUT2D eigenvalue weighted by atomic mass is 35.5. The van der Waals surface area contributed by atoms with Gasteiger partial charge in [-0.3, -0.25) is 4.90 Å². The molecule has 2 atom stereocenters. The van der Waals surface area contributed by atoms with Crippen molar-refractivity contribution in [3.8, 4) is 0 Å². The fourth-order valence-electron chi connectivity index (χ4n) is 2.12. The molecule has 1 aromatic rings. The largest absolute Gasteiger partial charge is 0.322 e. The molecule has 18 heavy (non-hydrogen) atoms. The highest BCUT2D eigenvalue weighted by molar-refractivity contribution is 7.99. The van der Waals surface area contributed by atoms with Gasteiger partial charge in [0, 0.05) is 34.7 Å². The van der Waals surface area contributed by atoms with Crippen LogP contribution in [0.5, 0.6) is 0 Å². The van der Waals surface area contributed by atoms with Crippen molar-refractivity contribution in [3.05, 3.63) is 34.4 Å². The van der Waals surface area contributed by atoms with E-state index in [1.165, 1.54) is 6.07 Å². The molecule has 1 fully saturated rings. The SMILES string of the molecule is CN1CCSCC1C(N)c1c(Cl)ccc(F)c1F. The Morgan fingerprint density at radius 2 is 2.22 bits per heavy atom. The normalized spacial score (nSPS) is 23.1. The highest BCUT2D eigenvalue weighted by Gasteiger charge is 2.30. The molecule has 2 unspecified atom stereocenters. The Morgan fingerprint density at radius 3 is 2.89 bits per heavy atom. The van der Waals surface area contributed by atoms with E-state index in [1.807, 2.05) is 7.05 Å². The second-order valence-corrected chi connectivity index (χ2v) is 5.96. The van der Waals surface area contributed by atoms with Crippen molar-refractivity contribution >= 4 is 23.4 Å². The molecule has 0 spiro atoms. The number of thioether (sulfide) groups is 1. The van der Waals surface area contributed by atoms with Gasteiger partial charge in [-0.1, -0.05) is 11.6 Å². The van der Waals surface area contributed by atoms with E-state index < -0.39 is 17.7 Å². The second-order valence-electron chi connectivity index (χ2n) is 4.41. The van der Waals surface area contributed by atoms with Crippen LogP contribution in [0.25, 0.3) is 0 Å². The first kappa shape index (κ1) is 14.1. The van der Waals surface area contributed by atoms with Gasteiger partial charge in [-0.15, -0.1) is 0 Å². The molecule has 2 nitrogen and oxygen atoms in total. The Morgan fingerprint density at radius 1 is 1.50 bits per heavy atom. The van der Waals surface area contributed by atoms with E-state index in [0.29, 0.717) is 0 Å². The first-order chi connectivity index (χ1) is 8.52. The molecule has 0 amide bonds. The lowest BCUT2D eigenvalue weighted by Crippen LogP contribution is -2.46. The number of halogens is 3. The molecule has 1 heterocycles. The number of hydrogen-bond acceptors (Lipinski definition) is 3. The predicted molar refractivity (Wildman–Crippen MR) is 72.0 cm³/mol. The van der Waals surface area contributed by atoms with Gasteiger partial charge in [0.2, 0.25) is 0 Å². The number of likely N-dealkylation sites (N-methyl/N-ethyl adjacent to an activating group) is 1. The average Bonchev–Trinajstić information content (AvgIpc) is 2.35. The maximum absolute atomic E-state index is 13.8. The van der Waals surface area contributed by atoms with E-state index in [-0.39, 0.29) is 16.6 Å². The van der Waals surface area contributed by atoms with Crippen molar-refractivity contribution in [1.82, 2.24) is 4.90 Å². The topological polar surface area (TPSA) is 29.3 Å². The first-order valence-electron chi connectivity index (χ1n) is 5.69. The molecule has 1 aromatic carbocycles. The number of rotatable bonds is 2. The number of hydrogen-bond donors (Lipinski definition) is 1. The van der Waals surface area contributed by atoms with Crippen molar-refractivity contribution in [2.45, 2.75) is 12.1 Å². The van der Waals surface area contributed by atoms with Crippen LogP contribution in [0, 0.1) is 11.6 Å². The van der Waals surface area contributed by atoms with Crippen molar-refractivity contribution in [1.29, 1.82) is 0 Å². The molecule has 0 aliphatic carbocycles. The summed E-state index contributed by atoms with van der Waals surface area (Å²) in [6.07, 6.45) is 0. The van der Waals surface area contributed by atoms with Gasteiger partial charge in [0.1, 0.15) is 0 Å². The molecule has 2 rings (SSSR count). The van der Waals surface area contributed by atoms with Crippen molar-refractivity contribution in [2.75, 3.05) is 25.1 Å².